The lowest BCUT2D eigenvalue weighted by atomic mass is 9.61. The number of nitrogens with two attached hydrogens (primary N) is 1. The molecule has 1 saturated heterocycles. The first-order valence-corrected chi connectivity index (χ1v) is 8.46. The zero-order chi connectivity index (χ0) is 13.5. The predicted molar refractivity (Wildman–Crippen MR) is 79.0 cm³/mol. The van der Waals surface area contributed by atoms with Crippen molar-refractivity contribution in [2.24, 2.45) is 23.5 Å². The maximum atomic E-state index is 6.91. The van der Waals surface area contributed by atoms with E-state index in [0.29, 0.717) is 5.92 Å². The first kappa shape index (κ1) is 13.9. The summed E-state index contributed by atoms with van der Waals surface area (Å²) in [5.74, 6) is 2.35. The highest BCUT2D eigenvalue weighted by molar-refractivity contribution is 5.03. The molecule has 2 aliphatic carbocycles. The molecule has 1 spiro atoms. The molecule has 110 valence electrons. The quantitative estimate of drug-likeness (QED) is 0.822. The Morgan fingerprint density at radius 3 is 2.47 bits per heavy atom. The Hall–Kier alpha value is -0.0800. The molecule has 3 aliphatic rings. The van der Waals surface area contributed by atoms with Gasteiger partial charge >= 0.3 is 0 Å². The van der Waals surface area contributed by atoms with Crippen LogP contribution in [0.15, 0.2) is 0 Å². The molecule has 0 aromatic rings. The molecule has 2 N–H and O–H groups in total. The molecule has 1 aliphatic heterocycles. The average Bonchev–Trinajstić information content (AvgIpc) is 2.37. The van der Waals surface area contributed by atoms with Crippen molar-refractivity contribution in [3.8, 4) is 0 Å². The summed E-state index contributed by atoms with van der Waals surface area (Å²) < 4.78 is 6.09. The van der Waals surface area contributed by atoms with Crippen molar-refractivity contribution in [2.45, 2.75) is 82.8 Å². The summed E-state index contributed by atoms with van der Waals surface area (Å²) in [6, 6.07) is 0. The normalized spacial score (nSPS) is 42.3. The fraction of sp³-hybridized carbons (Fsp3) is 1.00. The second kappa shape index (κ2) is 5.04. The second-order valence-corrected chi connectivity index (χ2v) is 7.91. The lowest BCUT2D eigenvalue weighted by molar-refractivity contribution is -0.155. The van der Waals surface area contributed by atoms with Crippen molar-refractivity contribution in [3.05, 3.63) is 0 Å². The van der Waals surface area contributed by atoms with Crippen LogP contribution in [0.2, 0.25) is 0 Å². The summed E-state index contributed by atoms with van der Waals surface area (Å²) in [5, 5.41) is 0. The molecule has 2 saturated carbocycles. The van der Waals surface area contributed by atoms with Gasteiger partial charge in [0.25, 0.3) is 0 Å². The Kier molecular flexibility index (Phi) is 3.68. The van der Waals surface area contributed by atoms with E-state index in [1.54, 1.807) is 0 Å². The molecular formula is C17H31NO. The van der Waals surface area contributed by atoms with Crippen LogP contribution in [0.25, 0.3) is 0 Å². The van der Waals surface area contributed by atoms with E-state index in [9.17, 15) is 0 Å². The molecule has 3 fully saturated rings. The maximum Gasteiger partial charge on any atom is 0.0686 e. The van der Waals surface area contributed by atoms with Crippen LogP contribution in [0.4, 0.5) is 0 Å². The summed E-state index contributed by atoms with van der Waals surface area (Å²) in [4.78, 5) is 0. The van der Waals surface area contributed by atoms with Gasteiger partial charge in [0.1, 0.15) is 0 Å². The Balaban J connectivity index is 1.69. The fourth-order valence-electron chi connectivity index (χ4n) is 4.76. The zero-order valence-corrected chi connectivity index (χ0v) is 12.8. The zero-order valence-electron chi connectivity index (χ0n) is 12.8. The van der Waals surface area contributed by atoms with E-state index in [2.05, 4.69) is 13.8 Å². The van der Waals surface area contributed by atoms with Crippen LogP contribution in [0, 0.1) is 17.8 Å². The van der Waals surface area contributed by atoms with Crippen molar-refractivity contribution >= 4 is 0 Å². The minimum absolute atomic E-state index is 0.111. The van der Waals surface area contributed by atoms with Gasteiger partial charge in [-0.25, -0.2) is 0 Å². The number of hydrogen-bond donors (Lipinski definition) is 1. The maximum absolute atomic E-state index is 6.91. The highest BCUT2D eigenvalue weighted by Gasteiger charge is 2.49. The molecule has 1 heterocycles. The number of ether oxygens (including phenoxy) is 1. The minimum Gasteiger partial charge on any atom is -0.375 e. The molecule has 3 unspecified atom stereocenters. The molecule has 0 aromatic heterocycles. The van der Waals surface area contributed by atoms with Crippen molar-refractivity contribution in [2.75, 3.05) is 6.61 Å². The van der Waals surface area contributed by atoms with E-state index in [0.717, 1.165) is 18.4 Å². The number of hydrogen-bond acceptors (Lipinski definition) is 2. The van der Waals surface area contributed by atoms with Gasteiger partial charge < -0.3 is 10.5 Å². The van der Waals surface area contributed by atoms with Gasteiger partial charge in [0.05, 0.1) is 5.60 Å². The first-order valence-electron chi connectivity index (χ1n) is 8.46. The molecular weight excluding hydrogens is 234 g/mol. The third-order valence-corrected chi connectivity index (χ3v) is 6.37. The topological polar surface area (TPSA) is 35.2 Å². The summed E-state index contributed by atoms with van der Waals surface area (Å²) >= 11 is 0. The van der Waals surface area contributed by atoms with E-state index in [4.69, 9.17) is 10.5 Å². The van der Waals surface area contributed by atoms with Crippen LogP contribution >= 0.6 is 0 Å². The van der Waals surface area contributed by atoms with Gasteiger partial charge in [-0.15, -0.1) is 0 Å². The minimum atomic E-state index is 0.111. The largest absolute Gasteiger partial charge is 0.375 e. The molecule has 0 radical (unpaired) electrons. The van der Waals surface area contributed by atoms with E-state index in [1.807, 2.05) is 0 Å². The third kappa shape index (κ3) is 2.58. The SMILES string of the molecule is CC(C)C1CCCC(N)(C2CCOC3(CCC3)C2)C1. The van der Waals surface area contributed by atoms with Gasteiger partial charge in [0.2, 0.25) is 0 Å². The monoisotopic (exact) mass is 265 g/mol. The standard InChI is InChI=1S/C17H31NO/c1-13(2)14-5-3-9-17(18,11-14)15-6-10-19-16(12-15)7-4-8-16/h13-15H,3-12,18H2,1-2H3. The lowest BCUT2D eigenvalue weighted by Crippen LogP contribution is -2.57. The lowest BCUT2D eigenvalue weighted by Gasteiger charge is -2.53. The van der Waals surface area contributed by atoms with Crippen LogP contribution in [0.3, 0.4) is 0 Å². The van der Waals surface area contributed by atoms with E-state index < -0.39 is 0 Å². The van der Waals surface area contributed by atoms with E-state index >= 15 is 0 Å². The van der Waals surface area contributed by atoms with Gasteiger partial charge in [-0.2, -0.15) is 0 Å². The fourth-order valence-corrected chi connectivity index (χ4v) is 4.76. The Morgan fingerprint density at radius 2 is 1.84 bits per heavy atom. The summed E-state index contributed by atoms with van der Waals surface area (Å²) in [5.41, 5.74) is 7.27. The van der Waals surface area contributed by atoms with Crippen LogP contribution < -0.4 is 5.73 Å². The smallest absolute Gasteiger partial charge is 0.0686 e. The number of rotatable bonds is 2. The summed E-state index contributed by atoms with van der Waals surface area (Å²) in [6.45, 7) is 5.69. The molecule has 0 aromatic carbocycles. The highest BCUT2D eigenvalue weighted by Crippen LogP contribution is 2.50. The molecule has 3 rings (SSSR count). The average molecular weight is 265 g/mol. The van der Waals surface area contributed by atoms with Gasteiger partial charge in [0.15, 0.2) is 0 Å². The van der Waals surface area contributed by atoms with Gasteiger partial charge in [-0.05, 0) is 62.7 Å². The molecule has 0 amide bonds. The van der Waals surface area contributed by atoms with Gasteiger partial charge in [-0.3, -0.25) is 0 Å². The van der Waals surface area contributed by atoms with Crippen molar-refractivity contribution in [1.29, 1.82) is 0 Å². The Labute approximate surface area is 118 Å². The van der Waals surface area contributed by atoms with E-state index in [-0.39, 0.29) is 11.1 Å². The van der Waals surface area contributed by atoms with Gasteiger partial charge in [-0.1, -0.05) is 26.7 Å². The predicted octanol–water partition coefficient (Wildman–Crippen LogP) is 3.88. The van der Waals surface area contributed by atoms with Crippen LogP contribution in [0.1, 0.15) is 71.6 Å². The molecule has 0 bridgehead atoms. The molecule has 2 heteroatoms. The van der Waals surface area contributed by atoms with Crippen molar-refractivity contribution in [1.82, 2.24) is 0 Å². The highest BCUT2D eigenvalue weighted by atomic mass is 16.5. The third-order valence-electron chi connectivity index (χ3n) is 6.37. The summed E-state index contributed by atoms with van der Waals surface area (Å²) in [6.07, 6.45) is 11.6. The van der Waals surface area contributed by atoms with Crippen LogP contribution in [-0.4, -0.2) is 17.7 Å². The van der Waals surface area contributed by atoms with Gasteiger partial charge in [0, 0.05) is 12.1 Å². The Morgan fingerprint density at radius 1 is 1.05 bits per heavy atom. The molecule has 3 atom stereocenters. The first-order chi connectivity index (χ1) is 9.03. The van der Waals surface area contributed by atoms with Crippen molar-refractivity contribution < 1.29 is 4.74 Å². The van der Waals surface area contributed by atoms with Crippen LogP contribution in [-0.2, 0) is 4.74 Å². The molecule has 2 nitrogen and oxygen atoms in total. The molecule has 19 heavy (non-hydrogen) atoms. The van der Waals surface area contributed by atoms with Crippen LogP contribution in [0.5, 0.6) is 0 Å². The summed E-state index contributed by atoms with van der Waals surface area (Å²) in [7, 11) is 0. The second-order valence-electron chi connectivity index (χ2n) is 7.91. The Bertz CT molecular complexity index is 323. The van der Waals surface area contributed by atoms with E-state index in [1.165, 1.54) is 57.8 Å². The van der Waals surface area contributed by atoms with Crippen molar-refractivity contribution in [3.63, 3.8) is 0 Å².